The molecule has 0 fully saturated rings. The maximum absolute atomic E-state index is 11.4. The summed E-state index contributed by atoms with van der Waals surface area (Å²) in [5.74, 6) is -0.249. The Balaban J connectivity index is 2.55. The molecule has 0 radical (unpaired) electrons. The molecule has 0 aliphatic carbocycles. The highest BCUT2D eigenvalue weighted by molar-refractivity contribution is 5.94. The van der Waals surface area contributed by atoms with Crippen LogP contribution in [0.25, 0.3) is 0 Å². The van der Waals surface area contributed by atoms with Crippen molar-refractivity contribution < 1.29 is 4.79 Å². The number of aliphatic imine (C=N–C) groups is 1. The fourth-order valence-electron chi connectivity index (χ4n) is 1.21. The monoisotopic (exact) mass is 204 g/mol. The first kappa shape index (κ1) is 11.6. The van der Waals surface area contributed by atoms with Crippen LogP contribution in [0, 0.1) is 0 Å². The van der Waals surface area contributed by atoms with Crippen LogP contribution in [-0.2, 0) is 4.79 Å². The molecule has 0 aromatic heterocycles. The Hall–Kier alpha value is -1.48. The smallest absolute Gasteiger partial charge is 0.262 e. The topological polar surface area (TPSA) is 55.5 Å². The average Bonchev–Trinajstić information content (AvgIpc) is 2.27. The molecular formula is C12H16N2O. The number of carbonyl (C=O) groups excluding carboxylic acids is 1. The third-order valence-electron chi connectivity index (χ3n) is 2.06. The van der Waals surface area contributed by atoms with Gasteiger partial charge in [-0.2, -0.15) is 0 Å². The van der Waals surface area contributed by atoms with Crippen LogP contribution in [0.1, 0.15) is 25.3 Å². The van der Waals surface area contributed by atoms with E-state index in [2.05, 4.69) is 4.99 Å². The lowest BCUT2D eigenvalue weighted by Crippen LogP contribution is -2.28. The second-order valence-electron chi connectivity index (χ2n) is 3.40. The summed E-state index contributed by atoms with van der Waals surface area (Å²) in [6, 6.07) is 9.04. The molecule has 0 aliphatic rings. The number of benzene rings is 1. The van der Waals surface area contributed by atoms with Gasteiger partial charge in [0, 0.05) is 6.21 Å². The zero-order valence-corrected chi connectivity index (χ0v) is 8.89. The SMILES string of the molecule is CCC[C@H](N)C(=O)N=Cc1ccccc1. The maximum Gasteiger partial charge on any atom is 0.262 e. The lowest BCUT2D eigenvalue weighted by Gasteiger charge is -2.03. The largest absolute Gasteiger partial charge is 0.320 e. The number of hydrogen-bond donors (Lipinski definition) is 1. The quantitative estimate of drug-likeness (QED) is 0.760. The third-order valence-corrected chi connectivity index (χ3v) is 2.06. The molecule has 0 spiro atoms. The van der Waals surface area contributed by atoms with E-state index in [0.717, 1.165) is 12.0 Å². The van der Waals surface area contributed by atoms with Gasteiger partial charge >= 0.3 is 0 Å². The van der Waals surface area contributed by atoms with Crippen LogP contribution in [0.2, 0.25) is 0 Å². The maximum atomic E-state index is 11.4. The zero-order valence-electron chi connectivity index (χ0n) is 8.89. The molecule has 1 rings (SSSR count). The van der Waals surface area contributed by atoms with Crippen molar-refractivity contribution in [1.82, 2.24) is 0 Å². The molecule has 15 heavy (non-hydrogen) atoms. The summed E-state index contributed by atoms with van der Waals surface area (Å²) in [5, 5.41) is 0. The number of hydrogen-bond acceptors (Lipinski definition) is 2. The Morgan fingerprint density at radius 2 is 2.13 bits per heavy atom. The molecule has 80 valence electrons. The summed E-state index contributed by atoms with van der Waals surface area (Å²) < 4.78 is 0. The summed E-state index contributed by atoms with van der Waals surface area (Å²) in [7, 11) is 0. The predicted octanol–water partition coefficient (Wildman–Crippen LogP) is 1.76. The minimum atomic E-state index is -0.463. The molecule has 0 saturated carbocycles. The zero-order chi connectivity index (χ0) is 11.1. The van der Waals surface area contributed by atoms with E-state index in [4.69, 9.17) is 5.73 Å². The average molecular weight is 204 g/mol. The van der Waals surface area contributed by atoms with Crippen LogP contribution in [0.5, 0.6) is 0 Å². The van der Waals surface area contributed by atoms with E-state index in [0.29, 0.717) is 6.42 Å². The van der Waals surface area contributed by atoms with Crippen molar-refractivity contribution in [1.29, 1.82) is 0 Å². The van der Waals surface area contributed by atoms with Gasteiger partial charge in [-0.25, -0.2) is 4.99 Å². The van der Waals surface area contributed by atoms with E-state index in [1.807, 2.05) is 37.3 Å². The molecule has 1 aromatic rings. The van der Waals surface area contributed by atoms with Gasteiger partial charge in [0.1, 0.15) is 0 Å². The minimum absolute atomic E-state index is 0.249. The summed E-state index contributed by atoms with van der Waals surface area (Å²) in [5.41, 5.74) is 6.54. The van der Waals surface area contributed by atoms with Crippen LogP contribution in [0.15, 0.2) is 35.3 Å². The molecule has 3 heteroatoms. The molecular weight excluding hydrogens is 188 g/mol. The molecule has 0 bridgehead atoms. The second-order valence-corrected chi connectivity index (χ2v) is 3.40. The van der Waals surface area contributed by atoms with Gasteiger partial charge in [-0.1, -0.05) is 43.7 Å². The van der Waals surface area contributed by atoms with Crippen LogP contribution in [-0.4, -0.2) is 18.2 Å². The van der Waals surface area contributed by atoms with Crippen molar-refractivity contribution in [2.45, 2.75) is 25.8 Å². The van der Waals surface area contributed by atoms with Crippen molar-refractivity contribution in [3.05, 3.63) is 35.9 Å². The van der Waals surface area contributed by atoms with Gasteiger partial charge in [0.25, 0.3) is 5.91 Å². The molecule has 1 amide bonds. The van der Waals surface area contributed by atoms with Gasteiger partial charge in [0.2, 0.25) is 0 Å². The fraction of sp³-hybridized carbons (Fsp3) is 0.333. The predicted molar refractivity (Wildman–Crippen MR) is 61.9 cm³/mol. The standard InChI is InChI=1S/C12H16N2O/c1-2-6-11(13)12(15)14-9-10-7-4-3-5-8-10/h3-5,7-9,11H,2,6,13H2,1H3/t11-/m0/s1. The van der Waals surface area contributed by atoms with Crippen LogP contribution in [0.3, 0.4) is 0 Å². The van der Waals surface area contributed by atoms with Crippen molar-refractivity contribution in [2.75, 3.05) is 0 Å². The summed E-state index contributed by atoms with van der Waals surface area (Å²) >= 11 is 0. The first-order valence-electron chi connectivity index (χ1n) is 5.12. The lowest BCUT2D eigenvalue weighted by atomic mass is 10.2. The first-order chi connectivity index (χ1) is 7.24. The fourth-order valence-corrected chi connectivity index (χ4v) is 1.21. The Morgan fingerprint density at radius 1 is 1.47 bits per heavy atom. The first-order valence-corrected chi connectivity index (χ1v) is 5.12. The van der Waals surface area contributed by atoms with Gasteiger partial charge in [-0.3, -0.25) is 4.79 Å². The molecule has 1 atom stereocenters. The highest BCUT2D eigenvalue weighted by Crippen LogP contribution is 1.98. The van der Waals surface area contributed by atoms with Gasteiger partial charge in [0.05, 0.1) is 6.04 Å². The minimum Gasteiger partial charge on any atom is -0.320 e. The van der Waals surface area contributed by atoms with Crippen molar-refractivity contribution in [3.63, 3.8) is 0 Å². The van der Waals surface area contributed by atoms with Gasteiger partial charge in [0.15, 0.2) is 0 Å². The molecule has 3 nitrogen and oxygen atoms in total. The molecule has 0 unspecified atom stereocenters. The highest BCUT2D eigenvalue weighted by atomic mass is 16.1. The second kappa shape index (κ2) is 6.09. The number of nitrogens with zero attached hydrogens (tertiary/aromatic N) is 1. The number of nitrogens with two attached hydrogens (primary N) is 1. The summed E-state index contributed by atoms with van der Waals surface area (Å²) in [6.45, 7) is 1.99. The highest BCUT2D eigenvalue weighted by Gasteiger charge is 2.09. The molecule has 0 heterocycles. The van der Waals surface area contributed by atoms with Gasteiger partial charge in [-0.05, 0) is 12.0 Å². The number of rotatable bonds is 4. The molecule has 0 aliphatic heterocycles. The van der Waals surface area contributed by atoms with Crippen molar-refractivity contribution in [3.8, 4) is 0 Å². The Labute approximate surface area is 90.0 Å². The normalized spacial score (nSPS) is 12.9. The van der Waals surface area contributed by atoms with E-state index in [1.165, 1.54) is 0 Å². The molecule has 1 aromatic carbocycles. The lowest BCUT2D eigenvalue weighted by molar-refractivity contribution is -0.119. The van der Waals surface area contributed by atoms with E-state index in [-0.39, 0.29) is 5.91 Å². The third kappa shape index (κ3) is 4.04. The van der Waals surface area contributed by atoms with Crippen LogP contribution >= 0.6 is 0 Å². The summed E-state index contributed by atoms with van der Waals surface area (Å²) in [4.78, 5) is 15.2. The van der Waals surface area contributed by atoms with Crippen molar-refractivity contribution in [2.24, 2.45) is 10.7 Å². The molecule has 0 saturated heterocycles. The van der Waals surface area contributed by atoms with E-state index in [1.54, 1.807) is 6.21 Å². The Morgan fingerprint density at radius 3 is 2.73 bits per heavy atom. The number of carbonyl (C=O) groups is 1. The Bertz CT molecular complexity index is 333. The van der Waals surface area contributed by atoms with Crippen LogP contribution < -0.4 is 5.73 Å². The molecule has 2 N–H and O–H groups in total. The summed E-state index contributed by atoms with van der Waals surface area (Å²) in [6.07, 6.45) is 3.14. The van der Waals surface area contributed by atoms with E-state index in [9.17, 15) is 4.79 Å². The van der Waals surface area contributed by atoms with E-state index < -0.39 is 6.04 Å². The Kier molecular flexibility index (Phi) is 4.71. The number of amides is 1. The van der Waals surface area contributed by atoms with Gasteiger partial charge < -0.3 is 5.73 Å². The van der Waals surface area contributed by atoms with E-state index >= 15 is 0 Å². The van der Waals surface area contributed by atoms with Gasteiger partial charge in [-0.15, -0.1) is 0 Å². The van der Waals surface area contributed by atoms with Crippen molar-refractivity contribution >= 4 is 12.1 Å². The van der Waals surface area contributed by atoms with Crippen LogP contribution in [0.4, 0.5) is 0 Å².